The highest BCUT2D eigenvalue weighted by molar-refractivity contribution is 7.99. The zero-order valence-electron chi connectivity index (χ0n) is 11.2. The second-order valence-corrected chi connectivity index (χ2v) is 5.77. The van der Waals surface area contributed by atoms with Gasteiger partial charge in [-0.25, -0.2) is 0 Å². The maximum atomic E-state index is 8.93. The molecule has 1 aromatic rings. The van der Waals surface area contributed by atoms with Gasteiger partial charge >= 0.3 is 0 Å². The Morgan fingerprint density at radius 3 is 2.67 bits per heavy atom. The topological polar surface area (TPSA) is 35.8 Å². The van der Waals surface area contributed by atoms with Crippen LogP contribution in [0.3, 0.4) is 0 Å². The normalized spacial score (nSPS) is 13.8. The summed E-state index contributed by atoms with van der Waals surface area (Å²) in [6.45, 7) is 4.38. The Bertz CT molecular complexity index is 359. The predicted molar refractivity (Wildman–Crippen MR) is 79.6 cm³/mol. The zero-order valence-corrected chi connectivity index (χ0v) is 12.0. The van der Waals surface area contributed by atoms with Crippen LogP contribution in [0.15, 0.2) is 30.3 Å². The molecule has 2 unspecified atom stereocenters. The molecule has 18 heavy (non-hydrogen) atoms. The molecule has 0 radical (unpaired) electrons. The molecule has 2 atom stereocenters. The molecule has 0 heterocycles. The summed E-state index contributed by atoms with van der Waals surface area (Å²) in [4.78, 5) is 0. The minimum absolute atomic E-state index is 0.151. The van der Waals surface area contributed by atoms with Crippen LogP contribution in [-0.2, 0) is 0 Å². The second kappa shape index (κ2) is 9.02. The van der Waals surface area contributed by atoms with Crippen LogP contribution >= 0.6 is 11.8 Å². The summed E-state index contributed by atoms with van der Waals surface area (Å²) in [5.74, 6) is 2.35. The number of thioether (sulfide) groups is 1. The van der Waals surface area contributed by atoms with Crippen LogP contribution in [0, 0.1) is 11.3 Å². The van der Waals surface area contributed by atoms with E-state index in [0.29, 0.717) is 12.5 Å². The van der Waals surface area contributed by atoms with Crippen molar-refractivity contribution < 1.29 is 0 Å². The quantitative estimate of drug-likeness (QED) is 0.725. The summed E-state index contributed by atoms with van der Waals surface area (Å²) in [6.07, 6.45) is 1.67. The Hall–Kier alpha value is -0.980. The molecule has 0 bridgehead atoms. The molecule has 0 aliphatic carbocycles. The van der Waals surface area contributed by atoms with Gasteiger partial charge in [-0.2, -0.15) is 17.0 Å². The highest BCUT2D eigenvalue weighted by atomic mass is 32.2. The summed E-state index contributed by atoms with van der Waals surface area (Å²) in [7, 11) is 0. The van der Waals surface area contributed by atoms with Crippen molar-refractivity contribution in [1.29, 1.82) is 5.26 Å². The molecule has 0 amide bonds. The Labute approximate surface area is 115 Å². The van der Waals surface area contributed by atoms with E-state index >= 15 is 0 Å². The molecule has 1 rings (SSSR count). The zero-order chi connectivity index (χ0) is 13.2. The van der Waals surface area contributed by atoms with Crippen LogP contribution < -0.4 is 5.32 Å². The van der Waals surface area contributed by atoms with Crippen molar-refractivity contribution in [1.82, 2.24) is 5.32 Å². The number of nitrogens with zero attached hydrogens (tertiary/aromatic N) is 1. The first-order valence-electron chi connectivity index (χ1n) is 6.53. The summed E-state index contributed by atoms with van der Waals surface area (Å²) in [5.41, 5.74) is 1.20. The Kier molecular flexibility index (Phi) is 7.55. The molecular weight excluding hydrogens is 240 g/mol. The minimum Gasteiger partial charge on any atom is -0.307 e. The third-order valence-corrected chi connectivity index (χ3v) is 3.82. The molecule has 0 aliphatic heterocycles. The van der Waals surface area contributed by atoms with E-state index in [4.69, 9.17) is 5.26 Å². The largest absolute Gasteiger partial charge is 0.307 e. The molecular formula is C15H22N2S. The number of rotatable bonds is 8. The summed E-state index contributed by atoms with van der Waals surface area (Å²) in [5, 5.41) is 12.5. The van der Waals surface area contributed by atoms with Crippen LogP contribution in [0.4, 0.5) is 0 Å². The number of nitrogens with one attached hydrogen (secondary N) is 1. The molecule has 0 saturated carbocycles. The van der Waals surface area contributed by atoms with E-state index in [9.17, 15) is 0 Å². The first-order chi connectivity index (χ1) is 8.77. The van der Waals surface area contributed by atoms with E-state index in [1.54, 1.807) is 0 Å². The average Bonchev–Trinajstić information content (AvgIpc) is 2.39. The van der Waals surface area contributed by atoms with Crippen LogP contribution in [0.2, 0.25) is 0 Å². The maximum Gasteiger partial charge on any atom is 0.0641 e. The Morgan fingerprint density at radius 1 is 1.33 bits per heavy atom. The van der Waals surface area contributed by atoms with Gasteiger partial charge in [-0.1, -0.05) is 37.3 Å². The van der Waals surface area contributed by atoms with Crippen molar-refractivity contribution in [3.63, 3.8) is 0 Å². The second-order valence-electron chi connectivity index (χ2n) is 4.38. The Balaban J connectivity index is 2.51. The molecule has 0 aliphatic rings. The van der Waals surface area contributed by atoms with E-state index < -0.39 is 0 Å². The molecule has 2 nitrogen and oxygen atoms in total. The predicted octanol–water partition coefficient (Wildman–Crippen LogP) is 3.76. The molecule has 3 heteroatoms. The van der Waals surface area contributed by atoms with E-state index in [-0.39, 0.29) is 6.04 Å². The lowest BCUT2D eigenvalue weighted by molar-refractivity contribution is 0.453. The van der Waals surface area contributed by atoms with Crippen molar-refractivity contribution in [2.75, 3.05) is 11.5 Å². The first-order valence-corrected chi connectivity index (χ1v) is 7.69. The SMILES string of the molecule is CCSCCC(C)NC(CC#N)c1ccccc1. The van der Waals surface area contributed by atoms with E-state index in [2.05, 4.69) is 37.4 Å². The van der Waals surface area contributed by atoms with Gasteiger partial charge < -0.3 is 5.32 Å². The lowest BCUT2D eigenvalue weighted by atomic mass is 10.0. The van der Waals surface area contributed by atoms with E-state index in [1.807, 2.05) is 30.0 Å². The fourth-order valence-electron chi connectivity index (χ4n) is 1.88. The molecule has 0 spiro atoms. The van der Waals surface area contributed by atoms with Gasteiger partial charge in [-0.05, 0) is 30.4 Å². The number of hydrogen-bond donors (Lipinski definition) is 1. The van der Waals surface area contributed by atoms with E-state index in [0.717, 1.165) is 6.42 Å². The van der Waals surface area contributed by atoms with Crippen LogP contribution in [0.5, 0.6) is 0 Å². The number of hydrogen-bond acceptors (Lipinski definition) is 3. The molecule has 0 aromatic heterocycles. The van der Waals surface area contributed by atoms with Crippen molar-refractivity contribution in [3.05, 3.63) is 35.9 Å². The maximum absolute atomic E-state index is 8.93. The van der Waals surface area contributed by atoms with Gasteiger partial charge in [0.1, 0.15) is 0 Å². The van der Waals surface area contributed by atoms with Crippen molar-refractivity contribution in [3.8, 4) is 6.07 Å². The van der Waals surface area contributed by atoms with Crippen LogP contribution in [-0.4, -0.2) is 17.5 Å². The average molecular weight is 262 g/mol. The lowest BCUT2D eigenvalue weighted by Gasteiger charge is -2.21. The highest BCUT2D eigenvalue weighted by Crippen LogP contribution is 2.17. The molecule has 98 valence electrons. The van der Waals surface area contributed by atoms with Gasteiger partial charge in [0, 0.05) is 12.1 Å². The van der Waals surface area contributed by atoms with Crippen molar-refractivity contribution in [2.24, 2.45) is 0 Å². The van der Waals surface area contributed by atoms with Gasteiger partial charge in [-0.3, -0.25) is 0 Å². The monoisotopic (exact) mass is 262 g/mol. The smallest absolute Gasteiger partial charge is 0.0641 e. The Morgan fingerprint density at radius 2 is 2.06 bits per heavy atom. The third kappa shape index (κ3) is 5.57. The van der Waals surface area contributed by atoms with Gasteiger partial charge in [0.25, 0.3) is 0 Å². The van der Waals surface area contributed by atoms with Gasteiger partial charge in [0.2, 0.25) is 0 Å². The summed E-state index contributed by atoms with van der Waals surface area (Å²) < 4.78 is 0. The van der Waals surface area contributed by atoms with Crippen LogP contribution in [0.25, 0.3) is 0 Å². The van der Waals surface area contributed by atoms with Gasteiger partial charge in [-0.15, -0.1) is 0 Å². The summed E-state index contributed by atoms with van der Waals surface area (Å²) in [6, 6.07) is 13.1. The first kappa shape index (κ1) is 15.1. The lowest BCUT2D eigenvalue weighted by Crippen LogP contribution is -2.30. The van der Waals surface area contributed by atoms with Crippen molar-refractivity contribution >= 4 is 11.8 Å². The molecule has 0 fully saturated rings. The molecule has 1 N–H and O–H groups in total. The van der Waals surface area contributed by atoms with Crippen LogP contribution in [0.1, 0.15) is 38.3 Å². The minimum atomic E-state index is 0.151. The van der Waals surface area contributed by atoms with Crippen molar-refractivity contribution in [2.45, 2.75) is 38.8 Å². The summed E-state index contributed by atoms with van der Waals surface area (Å²) >= 11 is 1.97. The third-order valence-electron chi connectivity index (χ3n) is 2.88. The fraction of sp³-hybridized carbons (Fsp3) is 0.533. The van der Waals surface area contributed by atoms with Gasteiger partial charge in [0.15, 0.2) is 0 Å². The fourth-order valence-corrected chi connectivity index (χ4v) is 2.69. The number of benzene rings is 1. The van der Waals surface area contributed by atoms with Gasteiger partial charge in [0.05, 0.1) is 12.5 Å². The number of nitriles is 1. The highest BCUT2D eigenvalue weighted by Gasteiger charge is 2.13. The standard InChI is InChI=1S/C15H22N2S/c1-3-18-12-10-13(2)17-15(9-11-16)14-7-5-4-6-8-14/h4-8,13,15,17H,3,9-10,12H2,1-2H3. The van der Waals surface area contributed by atoms with E-state index in [1.165, 1.54) is 17.1 Å². The molecule has 1 aromatic carbocycles. The molecule has 0 saturated heterocycles.